The Bertz CT molecular complexity index is 1060. The summed E-state index contributed by atoms with van der Waals surface area (Å²) in [7, 11) is 0. The molecule has 0 radical (unpaired) electrons. The number of aromatic nitrogens is 2. The van der Waals surface area contributed by atoms with Crippen molar-refractivity contribution in [1.29, 1.82) is 0 Å². The van der Waals surface area contributed by atoms with E-state index in [-0.39, 0.29) is 12.2 Å². The number of nitrogens with zero attached hydrogens (tertiary/aromatic N) is 4. The van der Waals surface area contributed by atoms with E-state index >= 15 is 0 Å². The first-order chi connectivity index (χ1) is 14.3. The number of nitro benzene ring substituents is 1. The van der Waals surface area contributed by atoms with Crippen LogP contribution in [0.25, 0.3) is 0 Å². The largest absolute Gasteiger partial charge is 0.418 e. The number of imidazole rings is 1. The Balaban J connectivity index is 1.55. The number of non-ortho nitro benzene ring substituents is 1. The summed E-state index contributed by atoms with van der Waals surface area (Å²) < 4.78 is 42.7. The van der Waals surface area contributed by atoms with Gasteiger partial charge in [-0.1, -0.05) is 30.3 Å². The first kappa shape index (κ1) is 19.9. The van der Waals surface area contributed by atoms with E-state index in [4.69, 9.17) is 0 Å². The van der Waals surface area contributed by atoms with Crippen LogP contribution >= 0.6 is 0 Å². The molecule has 0 N–H and O–H groups in total. The van der Waals surface area contributed by atoms with Crippen LogP contribution in [0.1, 0.15) is 22.5 Å². The summed E-state index contributed by atoms with van der Waals surface area (Å²) in [6.07, 6.45) is -1.55. The van der Waals surface area contributed by atoms with Crippen LogP contribution in [-0.4, -0.2) is 21.0 Å². The lowest BCUT2D eigenvalue weighted by Crippen LogP contribution is -2.33. The summed E-state index contributed by atoms with van der Waals surface area (Å²) in [4.78, 5) is 16.1. The van der Waals surface area contributed by atoms with Crippen molar-refractivity contribution < 1.29 is 18.1 Å². The first-order valence-electron chi connectivity index (χ1n) is 9.50. The van der Waals surface area contributed by atoms with Crippen molar-refractivity contribution in [2.75, 3.05) is 11.4 Å². The van der Waals surface area contributed by atoms with Gasteiger partial charge < -0.3 is 9.47 Å². The van der Waals surface area contributed by atoms with Gasteiger partial charge in [0.05, 0.1) is 29.1 Å². The predicted molar refractivity (Wildman–Crippen MR) is 105 cm³/mol. The second-order valence-electron chi connectivity index (χ2n) is 7.19. The fourth-order valence-corrected chi connectivity index (χ4v) is 3.80. The maximum atomic E-state index is 13.5. The van der Waals surface area contributed by atoms with Crippen LogP contribution in [0.15, 0.2) is 54.9 Å². The van der Waals surface area contributed by atoms with E-state index < -0.39 is 22.4 Å². The SMILES string of the molecule is O=[N+]([O-])c1ccc(N2CCc3c(ncn3CCc3ccccc3)C2)c(C(F)(F)F)c1. The van der Waals surface area contributed by atoms with Gasteiger partial charge in [-0.05, 0) is 18.1 Å². The molecule has 0 aliphatic carbocycles. The highest BCUT2D eigenvalue weighted by Gasteiger charge is 2.37. The molecule has 0 spiro atoms. The Morgan fingerprint density at radius 2 is 1.90 bits per heavy atom. The zero-order valence-electron chi connectivity index (χ0n) is 16.0. The molecule has 0 saturated carbocycles. The molecule has 1 aliphatic rings. The average molecular weight is 416 g/mol. The molecule has 2 heterocycles. The molecule has 9 heteroatoms. The highest BCUT2D eigenvalue weighted by Crippen LogP contribution is 2.40. The Hall–Kier alpha value is -3.36. The van der Waals surface area contributed by atoms with Gasteiger partial charge in [0.2, 0.25) is 0 Å². The molecule has 156 valence electrons. The predicted octanol–water partition coefficient (Wildman–Crippen LogP) is 4.62. The van der Waals surface area contributed by atoms with Gasteiger partial charge in [-0.15, -0.1) is 0 Å². The molecule has 6 nitrogen and oxygen atoms in total. The van der Waals surface area contributed by atoms with E-state index in [9.17, 15) is 23.3 Å². The van der Waals surface area contributed by atoms with Crippen LogP contribution in [-0.2, 0) is 32.1 Å². The number of fused-ring (bicyclic) bond motifs is 1. The summed E-state index contributed by atoms with van der Waals surface area (Å²) in [5.74, 6) is 0. The van der Waals surface area contributed by atoms with Crippen LogP contribution < -0.4 is 4.90 Å². The fourth-order valence-electron chi connectivity index (χ4n) is 3.80. The number of nitro groups is 1. The van der Waals surface area contributed by atoms with Gasteiger partial charge in [0, 0.05) is 43.0 Å². The fraction of sp³-hybridized carbons (Fsp3) is 0.286. The van der Waals surface area contributed by atoms with Gasteiger partial charge in [-0.25, -0.2) is 4.98 Å². The summed E-state index contributed by atoms with van der Waals surface area (Å²) in [5.41, 5.74) is 1.34. The molecular weight excluding hydrogens is 397 g/mol. The monoisotopic (exact) mass is 416 g/mol. The Morgan fingerprint density at radius 3 is 2.60 bits per heavy atom. The summed E-state index contributed by atoms with van der Waals surface area (Å²) >= 11 is 0. The number of anilines is 1. The number of aryl methyl sites for hydroxylation is 2. The number of halogens is 3. The molecule has 0 unspecified atom stereocenters. The van der Waals surface area contributed by atoms with Crippen molar-refractivity contribution in [3.8, 4) is 0 Å². The van der Waals surface area contributed by atoms with Gasteiger partial charge in [0.1, 0.15) is 0 Å². The molecule has 0 bridgehead atoms. The van der Waals surface area contributed by atoms with E-state index in [0.29, 0.717) is 19.0 Å². The van der Waals surface area contributed by atoms with E-state index in [1.807, 2.05) is 18.2 Å². The Morgan fingerprint density at radius 1 is 1.13 bits per heavy atom. The molecule has 30 heavy (non-hydrogen) atoms. The quantitative estimate of drug-likeness (QED) is 0.450. The van der Waals surface area contributed by atoms with Crippen LogP contribution in [0.2, 0.25) is 0 Å². The second-order valence-corrected chi connectivity index (χ2v) is 7.19. The van der Waals surface area contributed by atoms with Crippen LogP contribution in [0.4, 0.5) is 24.5 Å². The highest BCUT2D eigenvalue weighted by atomic mass is 19.4. The Kier molecular flexibility index (Phi) is 5.19. The lowest BCUT2D eigenvalue weighted by molar-refractivity contribution is -0.385. The zero-order chi connectivity index (χ0) is 21.3. The van der Waals surface area contributed by atoms with E-state index in [2.05, 4.69) is 21.7 Å². The van der Waals surface area contributed by atoms with E-state index in [0.717, 1.165) is 30.4 Å². The summed E-state index contributed by atoms with van der Waals surface area (Å²) in [6, 6.07) is 12.9. The maximum Gasteiger partial charge on any atom is 0.418 e. The van der Waals surface area contributed by atoms with Gasteiger partial charge in [0.25, 0.3) is 5.69 Å². The molecule has 0 atom stereocenters. The minimum atomic E-state index is -4.68. The van der Waals surface area contributed by atoms with E-state index in [1.165, 1.54) is 11.6 Å². The third kappa shape index (κ3) is 4.00. The van der Waals surface area contributed by atoms with Crippen LogP contribution in [0.5, 0.6) is 0 Å². The van der Waals surface area contributed by atoms with Crippen molar-refractivity contribution >= 4 is 11.4 Å². The molecular formula is C21H19F3N4O2. The maximum absolute atomic E-state index is 13.5. The normalized spacial score (nSPS) is 13.9. The topological polar surface area (TPSA) is 64.2 Å². The summed E-state index contributed by atoms with van der Waals surface area (Å²) in [5, 5.41) is 10.9. The number of hydrogen-bond acceptors (Lipinski definition) is 4. The Labute approximate surface area is 170 Å². The van der Waals surface area contributed by atoms with Crippen LogP contribution in [0, 0.1) is 10.1 Å². The third-order valence-electron chi connectivity index (χ3n) is 5.31. The lowest BCUT2D eigenvalue weighted by Gasteiger charge is -2.31. The van der Waals surface area contributed by atoms with Crippen molar-refractivity contribution in [3.05, 3.63) is 87.5 Å². The molecule has 0 amide bonds. The summed E-state index contributed by atoms with van der Waals surface area (Å²) in [6.45, 7) is 1.36. The van der Waals surface area contributed by atoms with Crippen molar-refractivity contribution in [1.82, 2.24) is 9.55 Å². The first-order valence-corrected chi connectivity index (χ1v) is 9.50. The third-order valence-corrected chi connectivity index (χ3v) is 5.31. The molecule has 1 aromatic heterocycles. The van der Waals surface area contributed by atoms with Crippen molar-refractivity contribution in [2.45, 2.75) is 32.1 Å². The number of hydrogen-bond donors (Lipinski definition) is 0. The standard InChI is InChI=1S/C21H19F3N4O2/c22-21(23,24)17-12-16(28(29)30)6-7-19(17)26-11-9-20-18(13-26)25-14-27(20)10-8-15-4-2-1-3-5-15/h1-7,12,14H,8-11,13H2. The molecule has 3 aromatic rings. The highest BCUT2D eigenvalue weighted by molar-refractivity contribution is 5.60. The molecule has 0 fully saturated rings. The molecule has 1 aliphatic heterocycles. The van der Waals surface area contributed by atoms with Gasteiger partial charge >= 0.3 is 6.18 Å². The molecule has 2 aromatic carbocycles. The smallest absolute Gasteiger partial charge is 0.365 e. The molecule has 0 saturated heterocycles. The van der Waals surface area contributed by atoms with Gasteiger partial charge in [-0.2, -0.15) is 13.2 Å². The van der Waals surface area contributed by atoms with Gasteiger partial charge in [-0.3, -0.25) is 10.1 Å². The van der Waals surface area contributed by atoms with E-state index in [1.54, 1.807) is 11.2 Å². The minimum Gasteiger partial charge on any atom is -0.365 e. The van der Waals surface area contributed by atoms with Crippen LogP contribution in [0.3, 0.4) is 0 Å². The molecule has 4 rings (SSSR count). The van der Waals surface area contributed by atoms with Crippen molar-refractivity contribution in [3.63, 3.8) is 0 Å². The zero-order valence-corrected chi connectivity index (χ0v) is 16.0. The average Bonchev–Trinajstić information content (AvgIpc) is 3.14. The minimum absolute atomic E-state index is 0.0578. The number of benzene rings is 2. The number of alkyl halides is 3. The van der Waals surface area contributed by atoms with Crippen molar-refractivity contribution in [2.24, 2.45) is 0 Å². The lowest BCUT2D eigenvalue weighted by atomic mass is 10.1. The number of rotatable bonds is 5. The second kappa shape index (κ2) is 7.81. The van der Waals surface area contributed by atoms with Gasteiger partial charge in [0.15, 0.2) is 0 Å².